The highest BCUT2D eigenvalue weighted by Gasteiger charge is 2.13. The van der Waals surface area contributed by atoms with Crippen molar-refractivity contribution in [2.24, 2.45) is 0 Å². The molecule has 2 aromatic heterocycles. The predicted octanol–water partition coefficient (Wildman–Crippen LogP) is 4.48. The maximum atomic E-state index is 9.89. The van der Waals surface area contributed by atoms with Gasteiger partial charge >= 0.3 is 0 Å². The Morgan fingerprint density at radius 3 is 2.39 bits per heavy atom. The molecule has 0 bridgehead atoms. The van der Waals surface area contributed by atoms with E-state index in [4.69, 9.17) is 9.97 Å². The van der Waals surface area contributed by atoms with Gasteiger partial charge in [0.2, 0.25) is 0 Å². The molecule has 1 unspecified atom stereocenters. The number of aromatic nitrogens is 3. The number of anilines is 1. The number of aliphatic hydroxyl groups excluding tert-OH is 1. The zero-order valence-corrected chi connectivity index (χ0v) is 16.2. The minimum absolute atomic E-state index is 0.497. The van der Waals surface area contributed by atoms with E-state index in [1.807, 2.05) is 61.5 Å². The Labute approximate surface area is 164 Å². The van der Waals surface area contributed by atoms with Gasteiger partial charge in [0, 0.05) is 37.4 Å². The molecule has 2 heterocycles. The molecule has 4 aromatic rings. The van der Waals surface area contributed by atoms with E-state index in [-0.39, 0.29) is 0 Å². The summed E-state index contributed by atoms with van der Waals surface area (Å²) in [6.07, 6.45) is 3.02. The lowest BCUT2D eigenvalue weighted by Crippen LogP contribution is -2.12. The molecule has 140 valence electrons. The van der Waals surface area contributed by atoms with Crippen molar-refractivity contribution in [1.82, 2.24) is 15.0 Å². The van der Waals surface area contributed by atoms with Gasteiger partial charge in [-0.2, -0.15) is 0 Å². The van der Waals surface area contributed by atoms with Crippen LogP contribution in [0.4, 0.5) is 5.82 Å². The van der Waals surface area contributed by atoms with Gasteiger partial charge in [-0.3, -0.25) is 4.98 Å². The van der Waals surface area contributed by atoms with E-state index in [1.54, 1.807) is 19.3 Å². The topological polar surface area (TPSA) is 62.1 Å². The van der Waals surface area contributed by atoms with Crippen molar-refractivity contribution in [2.75, 3.05) is 19.0 Å². The number of hydrogen-bond donors (Lipinski definition) is 1. The Morgan fingerprint density at radius 1 is 0.893 bits per heavy atom. The number of nitrogens with zero attached hydrogens (tertiary/aromatic N) is 4. The summed E-state index contributed by atoms with van der Waals surface area (Å²) >= 11 is 0. The van der Waals surface area contributed by atoms with Crippen LogP contribution in [0.25, 0.3) is 33.4 Å². The van der Waals surface area contributed by atoms with Crippen LogP contribution in [0.15, 0.2) is 67.0 Å². The molecule has 0 aliphatic rings. The lowest BCUT2D eigenvalue weighted by molar-refractivity contribution is 0.199. The minimum Gasteiger partial charge on any atom is -0.389 e. The Balaban J connectivity index is 1.88. The van der Waals surface area contributed by atoms with Crippen LogP contribution in [0.1, 0.15) is 18.6 Å². The fourth-order valence-corrected chi connectivity index (χ4v) is 3.23. The highest BCUT2D eigenvalue weighted by Crippen LogP contribution is 2.31. The molecule has 0 fully saturated rings. The Bertz CT molecular complexity index is 1120. The van der Waals surface area contributed by atoms with Crippen molar-refractivity contribution < 1.29 is 5.11 Å². The van der Waals surface area contributed by atoms with E-state index in [9.17, 15) is 5.11 Å². The van der Waals surface area contributed by atoms with Crippen LogP contribution in [-0.4, -0.2) is 34.2 Å². The van der Waals surface area contributed by atoms with Gasteiger partial charge in [0.15, 0.2) is 5.82 Å². The highest BCUT2D eigenvalue weighted by atomic mass is 16.3. The van der Waals surface area contributed by atoms with Crippen molar-refractivity contribution in [2.45, 2.75) is 13.0 Å². The van der Waals surface area contributed by atoms with Gasteiger partial charge in [0.25, 0.3) is 0 Å². The van der Waals surface area contributed by atoms with Crippen LogP contribution in [0, 0.1) is 0 Å². The molecule has 0 saturated carbocycles. The fourth-order valence-electron chi connectivity index (χ4n) is 3.23. The van der Waals surface area contributed by atoms with Gasteiger partial charge in [-0.15, -0.1) is 0 Å². The van der Waals surface area contributed by atoms with Gasteiger partial charge in [0.1, 0.15) is 5.82 Å². The summed E-state index contributed by atoms with van der Waals surface area (Å²) in [7, 11) is 3.96. The van der Waals surface area contributed by atoms with E-state index < -0.39 is 6.10 Å². The summed E-state index contributed by atoms with van der Waals surface area (Å²) in [5, 5.41) is 10.9. The van der Waals surface area contributed by atoms with Crippen LogP contribution in [0.5, 0.6) is 0 Å². The average molecular weight is 370 g/mol. The summed E-state index contributed by atoms with van der Waals surface area (Å²) < 4.78 is 0. The molecule has 0 aliphatic heterocycles. The normalized spacial score (nSPS) is 12.1. The van der Waals surface area contributed by atoms with Gasteiger partial charge in [0.05, 0.1) is 11.6 Å². The third-order valence-electron chi connectivity index (χ3n) is 4.72. The van der Waals surface area contributed by atoms with Crippen molar-refractivity contribution in [3.05, 3.63) is 72.6 Å². The third kappa shape index (κ3) is 3.44. The summed E-state index contributed by atoms with van der Waals surface area (Å²) in [5.74, 6) is 1.52. The zero-order chi connectivity index (χ0) is 19.7. The molecule has 0 spiro atoms. The van der Waals surface area contributed by atoms with Crippen molar-refractivity contribution in [1.29, 1.82) is 0 Å². The Morgan fingerprint density at radius 2 is 1.68 bits per heavy atom. The zero-order valence-electron chi connectivity index (χ0n) is 16.2. The second-order valence-corrected chi connectivity index (χ2v) is 7.04. The second-order valence-electron chi connectivity index (χ2n) is 7.04. The van der Waals surface area contributed by atoms with Crippen LogP contribution < -0.4 is 4.90 Å². The number of fused-ring (bicyclic) bond motifs is 1. The first-order valence-corrected chi connectivity index (χ1v) is 9.21. The molecular formula is C23H22N4O. The summed E-state index contributed by atoms with van der Waals surface area (Å²) in [6.45, 7) is 1.78. The van der Waals surface area contributed by atoms with E-state index in [0.717, 1.165) is 39.0 Å². The van der Waals surface area contributed by atoms with Crippen molar-refractivity contribution in [3.63, 3.8) is 0 Å². The number of benzene rings is 2. The van der Waals surface area contributed by atoms with Crippen molar-refractivity contribution >= 4 is 16.7 Å². The van der Waals surface area contributed by atoms with Crippen molar-refractivity contribution in [3.8, 4) is 22.5 Å². The monoisotopic (exact) mass is 370 g/mol. The van der Waals surface area contributed by atoms with Gasteiger partial charge in [-0.25, -0.2) is 9.97 Å². The van der Waals surface area contributed by atoms with Crippen LogP contribution in [0.3, 0.4) is 0 Å². The molecule has 0 saturated heterocycles. The maximum Gasteiger partial charge on any atom is 0.163 e. The highest BCUT2D eigenvalue weighted by molar-refractivity contribution is 5.94. The molecule has 1 atom stereocenters. The Kier molecular flexibility index (Phi) is 4.75. The van der Waals surface area contributed by atoms with E-state index >= 15 is 0 Å². The second kappa shape index (κ2) is 7.37. The summed E-state index contributed by atoms with van der Waals surface area (Å²) in [6, 6.07) is 18.0. The first-order chi connectivity index (χ1) is 13.5. The number of rotatable bonds is 4. The van der Waals surface area contributed by atoms with Crippen LogP contribution in [-0.2, 0) is 0 Å². The smallest absolute Gasteiger partial charge is 0.163 e. The maximum absolute atomic E-state index is 9.89. The quantitative estimate of drug-likeness (QED) is 0.574. The fraction of sp³-hybridized carbons (Fsp3) is 0.174. The molecule has 4 rings (SSSR count). The third-order valence-corrected chi connectivity index (χ3v) is 4.72. The minimum atomic E-state index is -0.497. The molecular weight excluding hydrogens is 348 g/mol. The SMILES string of the molecule is CC(O)c1cccc(-c2ccc3nc(-c4cccnc4)nc(N(C)C)c3c2)c1. The molecule has 0 amide bonds. The molecule has 1 N–H and O–H groups in total. The predicted molar refractivity (Wildman–Crippen MR) is 113 cm³/mol. The van der Waals surface area contributed by atoms with Gasteiger partial charge in [-0.1, -0.05) is 24.3 Å². The first kappa shape index (κ1) is 18.1. The molecule has 0 aliphatic carbocycles. The molecule has 2 aromatic carbocycles. The number of pyridine rings is 1. The largest absolute Gasteiger partial charge is 0.389 e. The van der Waals surface area contributed by atoms with Crippen LogP contribution >= 0.6 is 0 Å². The molecule has 0 radical (unpaired) electrons. The number of hydrogen-bond acceptors (Lipinski definition) is 5. The van der Waals surface area contributed by atoms with Gasteiger partial charge < -0.3 is 10.0 Å². The lowest BCUT2D eigenvalue weighted by Gasteiger charge is -2.16. The Hall–Kier alpha value is -3.31. The van der Waals surface area contributed by atoms with Crippen LogP contribution in [0.2, 0.25) is 0 Å². The average Bonchev–Trinajstić information content (AvgIpc) is 2.73. The molecule has 5 nitrogen and oxygen atoms in total. The molecule has 5 heteroatoms. The summed E-state index contributed by atoms with van der Waals surface area (Å²) in [5.41, 5.74) is 4.79. The summed E-state index contributed by atoms with van der Waals surface area (Å²) in [4.78, 5) is 15.7. The van der Waals surface area contributed by atoms with E-state index in [0.29, 0.717) is 5.82 Å². The number of aliphatic hydroxyl groups is 1. The lowest BCUT2D eigenvalue weighted by atomic mass is 9.99. The van der Waals surface area contributed by atoms with Gasteiger partial charge in [-0.05, 0) is 53.9 Å². The standard InChI is InChI=1S/C23H22N4O/c1-15(28)16-6-4-7-17(12-16)18-9-10-21-20(13-18)23(27(2)3)26-22(25-21)19-8-5-11-24-14-19/h4-15,28H,1-3H3. The van der Waals surface area contributed by atoms with E-state index in [2.05, 4.69) is 17.1 Å². The molecule has 28 heavy (non-hydrogen) atoms. The van der Waals surface area contributed by atoms with E-state index in [1.165, 1.54) is 0 Å². The first-order valence-electron chi connectivity index (χ1n) is 9.21.